The first-order chi connectivity index (χ1) is 13.3. The Morgan fingerprint density at radius 3 is 2.10 bits per heavy atom. The van der Waals surface area contributed by atoms with Gasteiger partial charge in [-0.25, -0.2) is 0 Å². The lowest BCUT2D eigenvalue weighted by Gasteiger charge is -2.30. The van der Waals surface area contributed by atoms with Crippen LogP contribution < -0.4 is 16.9 Å². The third-order valence-corrected chi connectivity index (χ3v) is 5.20. The van der Waals surface area contributed by atoms with Crippen molar-refractivity contribution in [1.82, 2.24) is 4.48 Å². The van der Waals surface area contributed by atoms with E-state index in [1.54, 1.807) is 6.07 Å². The van der Waals surface area contributed by atoms with Crippen LogP contribution in [0.15, 0.2) is 60.7 Å². The van der Waals surface area contributed by atoms with Crippen LogP contribution in [0.25, 0.3) is 0 Å². The zero-order valence-electron chi connectivity index (χ0n) is 16.0. The number of para-hydroxylation sites is 1. The average molecular weight is 410 g/mol. The van der Waals surface area contributed by atoms with Gasteiger partial charge in [-0.1, -0.05) is 30.3 Å². The smallest absolute Gasteiger partial charge is 0.201 e. The minimum atomic E-state index is -0.538. The van der Waals surface area contributed by atoms with Gasteiger partial charge in [0.25, 0.3) is 0 Å². The highest BCUT2D eigenvalue weighted by Crippen LogP contribution is 2.37. The molecule has 0 fully saturated rings. The van der Waals surface area contributed by atoms with E-state index in [9.17, 15) is 19.8 Å². The van der Waals surface area contributed by atoms with Crippen molar-refractivity contribution in [3.8, 4) is 11.5 Å². The molecule has 3 aromatic carbocycles. The Labute approximate surface area is 174 Å². The number of fused-ring (bicyclic) bond motifs is 2. The number of hydrogen-bond donors (Lipinski definition) is 2. The lowest BCUT2D eigenvalue weighted by atomic mass is 9.82. The maximum atomic E-state index is 13.0. The molecule has 0 unspecified atom stereocenters. The molecule has 4 rings (SSSR count). The predicted molar refractivity (Wildman–Crippen MR) is 107 cm³/mol. The summed E-state index contributed by atoms with van der Waals surface area (Å²) in [6.07, 6.45) is 0. The quantitative estimate of drug-likeness (QED) is 0.487. The van der Waals surface area contributed by atoms with Gasteiger partial charge >= 0.3 is 0 Å². The number of phenols is 2. The van der Waals surface area contributed by atoms with Gasteiger partial charge in [0.15, 0.2) is 5.78 Å². The summed E-state index contributed by atoms with van der Waals surface area (Å²) in [5.74, 6) is -1.41. The van der Waals surface area contributed by atoms with Crippen LogP contribution in [-0.4, -0.2) is 35.9 Å². The molecule has 0 aromatic heterocycles. The zero-order valence-corrected chi connectivity index (χ0v) is 16.8. The summed E-state index contributed by atoms with van der Waals surface area (Å²) < 4.78 is 0.512. The van der Waals surface area contributed by atoms with Gasteiger partial charge in [-0.15, -0.1) is 0 Å². The van der Waals surface area contributed by atoms with Gasteiger partial charge in [0.05, 0.1) is 25.2 Å². The van der Waals surface area contributed by atoms with Gasteiger partial charge in [-0.2, -0.15) is 0 Å². The number of phenolic OH excluding ortho intramolecular Hbond substituents is 2. The molecular weight excluding hydrogens is 390 g/mol. The van der Waals surface area contributed by atoms with Crippen LogP contribution in [0.1, 0.15) is 37.4 Å². The highest BCUT2D eigenvalue weighted by Gasteiger charge is 2.35. The molecule has 0 radical (unpaired) electrons. The number of ketones is 2. The van der Waals surface area contributed by atoms with E-state index in [-0.39, 0.29) is 51.9 Å². The number of aromatic hydroxyl groups is 2. The second kappa shape index (κ2) is 7.35. The first-order valence-electron chi connectivity index (χ1n) is 8.95. The number of carbonyl (C=O) groups is 2. The highest BCUT2D eigenvalue weighted by molar-refractivity contribution is 6.30. The van der Waals surface area contributed by atoms with Crippen LogP contribution in [-0.2, 0) is 6.54 Å². The monoisotopic (exact) mass is 409 g/mol. The van der Waals surface area contributed by atoms with Gasteiger partial charge in [0.2, 0.25) is 5.78 Å². The number of carbonyl (C=O) groups excluding carboxylic acids is 2. The fourth-order valence-corrected chi connectivity index (χ4v) is 3.81. The lowest BCUT2D eigenvalue weighted by Crippen LogP contribution is -3.00. The third kappa shape index (κ3) is 3.39. The Morgan fingerprint density at radius 2 is 1.41 bits per heavy atom. The number of halogens is 1. The summed E-state index contributed by atoms with van der Waals surface area (Å²) in [5, 5.41) is 20.6. The Hall–Kier alpha value is -3.15. The molecule has 0 atom stereocenters. The van der Waals surface area contributed by atoms with Crippen LogP contribution in [0, 0.1) is 0 Å². The van der Waals surface area contributed by atoms with Crippen molar-refractivity contribution in [3.63, 3.8) is 0 Å². The first-order valence-corrected chi connectivity index (χ1v) is 8.95. The molecule has 0 bridgehead atoms. The zero-order chi connectivity index (χ0) is 20.1. The fraction of sp³-hybridized carbons (Fsp3) is 0.130. The van der Waals surface area contributed by atoms with Crippen molar-refractivity contribution in [2.75, 3.05) is 14.1 Å². The van der Waals surface area contributed by atoms with Crippen LogP contribution in [0.2, 0.25) is 0 Å². The van der Waals surface area contributed by atoms with Crippen LogP contribution in [0.4, 0.5) is 5.69 Å². The molecule has 0 spiro atoms. The fourth-order valence-electron chi connectivity index (χ4n) is 3.81. The summed E-state index contributed by atoms with van der Waals surface area (Å²) in [6, 6.07) is 17.5. The second-order valence-corrected chi connectivity index (χ2v) is 7.57. The molecule has 1 aliphatic rings. The van der Waals surface area contributed by atoms with Crippen molar-refractivity contribution in [1.29, 1.82) is 0 Å². The summed E-state index contributed by atoms with van der Waals surface area (Å²) in [7, 11) is 4.07. The van der Waals surface area contributed by atoms with E-state index in [1.165, 1.54) is 24.3 Å². The predicted octanol–water partition coefficient (Wildman–Crippen LogP) is 0.644. The highest BCUT2D eigenvalue weighted by atomic mass is 35.5. The average Bonchev–Trinajstić information content (AvgIpc) is 2.66. The molecule has 0 amide bonds. The molecule has 148 valence electrons. The molecule has 6 heteroatoms. The van der Waals surface area contributed by atoms with E-state index in [0.717, 1.165) is 11.3 Å². The van der Waals surface area contributed by atoms with Crippen molar-refractivity contribution < 1.29 is 32.2 Å². The van der Waals surface area contributed by atoms with Crippen molar-refractivity contribution in [3.05, 3.63) is 88.5 Å². The maximum absolute atomic E-state index is 13.0. The molecule has 1 aliphatic carbocycles. The number of benzene rings is 3. The van der Waals surface area contributed by atoms with Crippen molar-refractivity contribution in [2.24, 2.45) is 0 Å². The first kappa shape index (κ1) is 20.6. The van der Waals surface area contributed by atoms with Gasteiger partial charge in [-0.05, 0) is 30.3 Å². The Bertz CT molecular complexity index is 1120. The number of nitrogens with zero attached hydrogens (tertiary/aromatic N) is 1. The molecule has 29 heavy (non-hydrogen) atoms. The molecule has 0 saturated heterocycles. The standard InChI is InChI=1S/C23H19NO4.ClH/c1-24(2,15-7-4-3-5-8-15)13-14-11-17-21(19(26)12-14)23(28)20-16(22(17)27)9-6-10-18(20)25;/h3-12H,13H2,1-2H3,(H-,25,26,28);1H. The van der Waals surface area contributed by atoms with E-state index in [0.29, 0.717) is 11.0 Å². The molecule has 0 saturated carbocycles. The Balaban J connectivity index is 0.00000240. The van der Waals surface area contributed by atoms with E-state index in [1.807, 2.05) is 44.4 Å². The minimum absolute atomic E-state index is 0. The van der Waals surface area contributed by atoms with E-state index in [2.05, 4.69) is 0 Å². The number of quaternary nitrogens is 1. The van der Waals surface area contributed by atoms with Crippen LogP contribution in [0.5, 0.6) is 11.5 Å². The maximum Gasteiger partial charge on any atom is 0.201 e. The van der Waals surface area contributed by atoms with Crippen molar-refractivity contribution in [2.45, 2.75) is 6.54 Å². The van der Waals surface area contributed by atoms with Gasteiger partial charge in [-0.3, -0.25) is 14.1 Å². The van der Waals surface area contributed by atoms with Crippen molar-refractivity contribution >= 4 is 17.3 Å². The third-order valence-electron chi connectivity index (χ3n) is 5.20. The Kier molecular flexibility index (Phi) is 5.22. The molecule has 5 nitrogen and oxygen atoms in total. The summed E-state index contributed by atoms with van der Waals surface area (Å²) >= 11 is 0. The van der Waals surface area contributed by atoms with E-state index >= 15 is 0 Å². The summed E-state index contributed by atoms with van der Waals surface area (Å²) in [4.78, 5) is 25.8. The molecule has 0 aliphatic heterocycles. The Morgan fingerprint density at radius 1 is 0.759 bits per heavy atom. The van der Waals surface area contributed by atoms with Crippen LogP contribution >= 0.6 is 0 Å². The summed E-state index contributed by atoms with van der Waals surface area (Å²) in [6.45, 7) is 0.527. The van der Waals surface area contributed by atoms with E-state index < -0.39 is 5.78 Å². The number of hydrogen-bond acceptors (Lipinski definition) is 4. The lowest BCUT2D eigenvalue weighted by molar-refractivity contribution is -0.0000222. The summed E-state index contributed by atoms with van der Waals surface area (Å²) in [5.41, 5.74) is 2.06. The number of rotatable bonds is 3. The second-order valence-electron chi connectivity index (χ2n) is 7.57. The topological polar surface area (TPSA) is 74.6 Å². The molecule has 3 aromatic rings. The molecule has 0 heterocycles. The van der Waals surface area contributed by atoms with Gasteiger partial charge < -0.3 is 22.6 Å². The normalized spacial score (nSPS) is 12.8. The van der Waals surface area contributed by atoms with Gasteiger partial charge in [0.1, 0.15) is 23.7 Å². The minimum Gasteiger partial charge on any atom is -1.00 e. The van der Waals surface area contributed by atoms with E-state index in [4.69, 9.17) is 0 Å². The van der Waals surface area contributed by atoms with Gasteiger partial charge in [0, 0.05) is 16.7 Å². The SMILES string of the molecule is C[N+](C)(Cc1cc(O)c2c(c1)C(=O)c1cccc(O)c1C2=O)c1ccccc1.[Cl-]. The largest absolute Gasteiger partial charge is 1.00 e. The van der Waals surface area contributed by atoms with Crippen LogP contribution in [0.3, 0.4) is 0 Å². The molecule has 2 N–H and O–H groups in total. The molecular formula is C23H20ClNO4.